The number of amides is 1. The second-order valence-corrected chi connectivity index (χ2v) is 5.01. The number of benzene rings is 2. The van der Waals surface area contributed by atoms with Gasteiger partial charge >= 0.3 is 0 Å². The van der Waals surface area contributed by atoms with Gasteiger partial charge in [0.25, 0.3) is 5.91 Å². The number of carbonyl (C=O) groups is 1. The second-order valence-electron chi connectivity index (χ2n) is 5.01. The van der Waals surface area contributed by atoms with E-state index in [1.54, 1.807) is 45.6 Å². The van der Waals surface area contributed by atoms with Gasteiger partial charge in [0, 0.05) is 17.2 Å². The third kappa shape index (κ3) is 4.04. The van der Waals surface area contributed by atoms with Crippen LogP contribution in [0.2, 0.25) is 0 Å². The van der Waals surface area contributed by atoms with Crippen LogP contribution in [0.4, 0.5) is 0 Å². The average Bonchev–Trinajstić information content (AvgIpc) is 2.61. The Morgan fingerprint density at radius 1 is 0.958 bits per heavy atom. The van der Waals surface area contributed by atoms with Gasteiger partial charge in [0.05, 0.1) is 27.5 Å². The van der Waals surface area contributed by atoms with E-state index < -0.39 is 0 Å². The SMILES string of the molecule is COc1cc(OC)c(OC)cc1/C=N/NC(=O)c1ccc(C)cc1. The van der Waals surface area contributed by atoms with Gasteiger partial charge in [-0.05, 0) is 25.1 Å². The summed E-state index contributed by atoms with van der Waals surface area (Å²) in [5, 5.41) is 3.98. The highest BCUT2D eigenvalue weighted by molar-refractivity contribution is 5.95. The molecule has 1 amide bonds. The van der Waals surface area contributed by atoms with E-state index in [0.29, 0.717) is 28.4 Å². The molecule has 1 N–H and O–H groups in total. The van der Waals surface area contributed by atoms with Gasteiger partial charge < -0.3 is 14.2 Å². The highest BCUT2D eigenvalue weighted by Gasteiger charge is 2.10. The molecule has 0 aliphatic rings. The van der Waals surface area contributed by atoms with Crippen molar-refractivity contribution in [3.63, 3.8) is 0 Å². The highest BCUT2D eigenvalue weighted by Crippen LogP contribution is 2.33. The summed E-state index contributed by atoms with van der Waals surface area (Å²) in [5.74, 6) is 1.37. The van der Waals surface area contributed by atoms with E-state index in [9.17, 15) is 4.79 Å². The van der Waals surface area contributed by atoms with Crippen molar-refractivity contribution in [3.8, 4) is 17.2 Å². The minimum absolute atomic E-state index is 0.286. The first kappa shape index (κ1) is 17.3. The molecule has 2 aromatic carbocycles. The number of nitrogens with zero attached hydrogens (tertiary/aromatic N) is 1. The minimum atomic E-state index is -0.286. The zero-order valence-electron chi connectivity index (χ0n) is 14.1. The molecule has 6 heteroatoms. The van der Waals surface area contributed by atoms with Crippen LogP contribution in [0.25, 0.3) is 0 Å². The molecule has 0 heterocycles. The van der Waals surface area contributed by atoms with Gasteiger partial charge in [0.1, 0.15) is 5.75 Å². The molecule has 0 unspecified atom stereocenters. The van der Waals surface area contributed by atoms with E-state index in [1.807, 2.05) is 19.1 Å². The maximum Gasteiger partial charge on any atom is 0.271 e. The maximum absolute atomic E-state index is 12.0. The van der Waals surface area contributed by atoms with Crippen LogP contribution in [-0.4, -0.2) is 33.5 Å². The van der Waals surface area contributed by atoms with Gasteiger partial charge in [-0.3, -0.25) is 4.79 Å². The molecule has 24 heavy (non-hydrogen) atoms. The van der Waals surface area contributed by atoms with Crippen LogP contribution in [-0.2, 0) is 0 Å². The number of carbonyl (C=O) groups excluding carboxylic acids is 1. The highest BCUT2D eigenvalue weighted by atomic mass is 16.5. The molecule has 126 valence electrons. The molecule has 0 bridgehead atoms. The van der Waals surface area contributed by atoms with Crippen molar-refractivity contribution in [1.29, 1.82) is 0 Å². The molecule has 0 radical (unpaired) electrons. The summed E-state index contributed by atoms with van der Waals surface area (Å²) < 4.78 is 15.8. The summed E-state index contributed by atoms with van der Waals surface area (Å²) in [4.78, 5) is 12.0. The van der Waals surface area contributed by atoms with Crippen LogP contribution in [0, 0.1) is 6.92 Å². The van der Waals surface area contributed by atoms with Crippen molar-refractivity contribution in [2.24, 2.45) is 5.10 Å². The predicted molar refractivity (Wildman–Crippen MR) is 92.3 cm³/mol. The van der Waals surface area contributed by atoms with Gasteiger partial charge in [-0.15, -0.1) is 0 Å². The van der Waals surface area contributed by atoms with Crippen molar-refractivity contribution < 1.29 is 19.0 Å². The standard InChI is InChI=1S/C18H20N2O4/c1-12-5-7-13(8-6-12)18(21)20-19-11-14-9-16(23-3)17(24-4)10-15(14)22-2/h5-11H,1-4H3,(H,20,21)/b19-11+. The van der Waals surface area contributed by atoms with E-state index in [-0.39, 0.29) is 5.91 Å². The topological polar surface area (TPSA) is 69.2 Å². The smallest absolute Gasteiger partial charge is 0.271 e. The average molecular weight is 328 g/mol. The lowest BCUT2D eigenvalue weighted by atomic mass is 10.1. The Bertz CT molecular complexity index is 739. The number of hydrogen-bond acceptors (Lipinski definition) is 5. The molecule has 0 atom stereocenters. The van der Waals surface area contributed by atoms with Crippen molar-refractivity contribution in [3.05, 3.63) is 53.1 Å². The van der Waals surface area contributed by atoms with Crippen LogP contribution < -0.4 is 19.6 Å². The van der Waals surface area contributed by atoms with Crippen LogP contribution in [0.1, 0.15) is 21.5 Å². The molecule has 0 fully saturated rings. The van der Waals surface area contributed by atoms with Crippen molar-refractivity contribution in [1.82, 2.24) is 5.43 Å². The molecule has 0 spiro atoms. The van der Waals surface area contributed by atoms with E-state index in [1.165, 1.54) is 6.21 Å². The summed E-state index contributed by atoms with van der Waals surface area (Å²) in [5.41, 5.74) is 4.77. The van der Waals surface area contributed by atoms with E-state index in [4.69, 9.17) is 14.2 Å². The Kier molecular flexibility index (Phi) is 5.78. The Labute approximate surface area is 141 Å². The summed E-state index contributed by atoms with van der Waals surface area (Å²) in [6.45, 7) is 1.96. The number of hydrazone groups is 1. The van der Waals surface area contributed by atoms with E-state index >= 15 is 0 Å². The number of methoxy groups -OCH3 is 3. The summed E-state index contributed by atoms with van der Waals surface area (Å²) in [6.07, 6.45) is 1.49. The molecule has 0 aromatic heterocycles. The van der Waals surface area contributed by atoms with Gasteiger partial charge in [-0.2, -0.15) is 5.10 Å². The lowest BCUT2D eigenvalue weighted by Crippen LogP contribution is -2.17. The molecule has 0 aliphatic heterocycles. The monoisotopic (exact) mass is 328 g/mol. The number of ether oxygens (including phenoxy) is 3. The van der Waals surface area contributed by atoms with Gasteiger partial charge in [-0.25, -0.2) is 5.43 Å². The van der Waals surface area contributed by atoms with Gasteiger partial charge in [-0.1, -0.05) is 17.7 Å². The number of nitrogens with one attached hydrogen (secondary N) is 1. The van der Waals surface area contributed by atoms with Crippen LogP contribution in [0.5, 0.6) is 17.2 Å². The fourth-order valence-corrected chi connectivity index (χ4v) is 2.08. The van der Waals surface area contributed by atoms with Crippen LogP contribution in [0.3, 0.4) is 0 Å². The Morgan fingerprint density at radius 3 is 2.12 bits per heavy atom. The normalized spacial score (nSPS) is 10.5. The molecule has 0 saturated carbocycles. The Balaban J connectivity index is 2.16. The molecule has 0 aliphatic carbocycles. The van der Waals surface area contributed by atoms with Crippen molar-refractivity contribution >= 4 is 12.1 Å². The Morgan fingerprint density at radius 2 is 1.54 bits per heavy atom. The van der Waals surface area contributed by atoms with Crippen LogP contribution >= 0.6 is 0 Å². The fourth-order valence-electron chi connectivity index (χ4n) is 2.08. The molecule has 2 aromatic rings. The van der Waals surface area contributed by atoms with E-state index in [0.717, 1.165) is 5.56 Å². The minimum Gasteiger partial charge on any atom is -0.496 e. The molecule has 6 nitrogen and oxygen atoms in total. The lowest BCUT2D eigenvalue weighted by molar-refractivity contribution is 0.0955. The quantitative estimate of drug-likeness (QED) is 0.654. The summed E-state index contributed by atoms with van der Waals surface area (Å²) in [7, 11) is 4.64. The van der Waals surface area contributed by atoms with Crippen molar-refractivity contribution in [2.45, 2.75) is 6.92 Å². The molecule has 0 saturated heterocycles. The maximum atomic E-state index is 12.0. The summed E-state index contributed by atoms with van der Waals surface area (Å²) >= 11 is 0. The molecular weight excluding hydrogens is 308 g/mol. The largest absolute Gasteiger partial charge is 0.496 e. The van der Waals surface area contributed by atoms with Crippen LogP contribution in [0.15, 0.2) is 41.5 Å². The lowest BCUT2D eigenvalue weighted by Gasteiger charge is -2.11. The first-order valence-corrected chi connectivity index (χ1v) is 7.29. The second kappa shape index (κ2) is 8.01. The van der Waals surface area contributed by atoms with Gasteiger partial charge in [0.15, 0.2) is 11.5 Å². The predicted octanol–water partition coefficient (Wildman–Crippen LogP) is 2.78. The number of aryl methyl sites for hydroxylation is 1. The van der Waals surface area contributed by atoms with E-state index in [2.05, 4.69) is 10.5 Å². The number of rotatable bonds is 6. The van der Waals surface area contributed by atoms with Gasteiger partial charge in [0.2, 0.25) is 0 Å². The number of hydrogen-bond donors (Lipinski definition) is 1. The molecule has 2 rings (SSSR count). The zero-order chi connectivity index (χ0) is 17.5. The Hall–Kier alpha value is -3.02. The third-order valence-corrected chi connectivity index (χ3v) is 3.42. The first-order chi connectivity index (χ1) is 11.6. The fraction of sp³-hybridized carbons (Fsp3) is 0.222. The van der Waals surface area contributed by atoms with Crippen molar-refractivity contribution in [2.75, 3.05) is 21.3 Å². The summed E-state index contributed by atoms with van der Waals surface area (Å²) in [6, 6.07) is 10.7. The molecular formula is C18H20N2O4. The third-order valence-electron chi connectivity index (χ3n) is 3.42. The zero-order valence-corrected chi connectivity index (χ0v) is 14.1. The first-order valence-electron chi connectivity index (χ1n) is 7.29.